The Morgan fingerprint density at radius 1 is 1.31 bits per heavy atom. The Morgan fingerprint density at radius 2 is 2.03 bits per heavy atom. The van der Waals surface area contributed by atoms with Crippen LogP contribution in [0.15, 0.2) is 35.4 Å². The summed E-state index contributed by atoms with van der Waals surface area (Å²) in [4.78, 5) is 14.4. The second-order valence-electron chi connectivity index (χ2n) is 9.37. The normalized spacial score (nSPS) is 16.6. The number of sulfonamides is 1. The van der Waals surface area contributed by atoms with Gasteiger partial charge in [-0.25, -0.2) is 17.5 Å². The molecule has 0 bridgehead atoms. The Morgan fingerprint density at radius 3 is 2.67 bits per heavy atom. The predicted octanol–water partition coefficient (Wildman–Crippen LogP) is 3.67. The smallest absolute Gasteiger partial charge is 0.409 e. The number of aromatic nitrogens is 2. The van der Waals surface area contributed by atoms with Crippen LogP contribution in [0.1, 0.15) is 30.5 Å². The highest BCUT2D eigenvalue weighted by molar-refractivity contribution is 7.98. The van der Waals surface area contributed by atoms with Crippen LogP contribution in [0, 0.1) is 11.3 Å². The van der Waals surface area contributed by atoms with Crippen molar-refractivity contribution < 1.29 is 17.9 Å². The number of piperidine rings is 1. The largest absolute Gasteiger partial charge is 0.449 e. The van der Waals surface area contributed by atoms with E-state index in [-0.39, 0.29) is 17.4 Å². The zero-order valence-corrected chi connectivity index (χ0v) is 24.7. The zero-order valence-electron chi connectivity index (χ0n) is 22.1. The van der Waals surface area contributed by atoms with Crippen molar-refractivity contribution in [3.8, 4) is 6.07 Å². The molecule has 2 aromatic rings. The highest BCUT2D eigenvalue weighted by Crippen LogP contribution is 2.38. The summed E-state index contributed by atoms with van der Waals surface area (Å²) in [7, 11) is 0.326. The van der Waals surface area contributed by atoms with E-state index in [4.69, 9.17) is 9.84 Å². The third kappa shape index (κ3) is 6.25. The zero-order chi connectivity index (χ0) is 28.0. The van der Waals surface area contributed by atoms with Gasteiger partial charge in [0.25, 0.3) is 0 Å². The standard InChI is InChI=1S/C25H32N7O4PS2/c1-30(2)39(34,35)20-6-4-19(5-7-20)28-23-21-18-37-27-13-8-22(21)32(29-23)25(9-12-26)10-14-31(15-11-25)24(33)36-16-17-38-3/h4-8,13,18,27H,9-11,14-17H2,1-3H3,(H,28,29). The number of carbonyl (C=O) groups excluding carboxylic acids is 1. The Kier molecular flexibility index (Phi) is 9.23. The van der Waals surface area contributed by atoms with E-state index in [0.717, 1.165) is 25.4 Å². The molecule has 0 unspecified atom stereocenters. The van der Waals surface area contributed by atoms with Gasteiger partial charge in [0.2, 0.25) is 10.0 Å². The first-order valence-corrected chi connectivity index (χ1v) is 16.2. The van der Waals surface area contributed by atoms with E-state index in [1.54, 1.807) is 40.9 Å². The number of carbonyl (C=O) groups is 1. The van der Waals surface area contributed by atoms with Crippen molar-refractivity contribution in [2.24, 2.45) is 0 Å². The molecule has 4 rings (SSSR count). The number of thioether (sulfide) groups is 1. The summed E-state index contributed by atoms with van der Waals surface area (Å²) in [5, 5.41) is 21.3. The van der Waals surface area contributed by atoms with Crippen molar-refractivity contribution in [3.05, 3.63) is 41.7 Å². The van der Waals surface area contributed by atoms with Crippen LogP contribution >= 0.6 is 20.1 Å². The van der Waals surface area contributed by atoms with E-state index in [0.29, 0.717) is 44.0 Å². The number of rotatable bonds is 9. The number of nitrogens with one attached hydrogen (secondary N) is 2. The second-order valence-corrected chi connectivity index (χ2v) is 13.3. The molecule has 3 heterocycles. The minimum absolute atomic E-state index is 0.200. The van der Waals surface area contributed by atoms with Crippen LogP contribution in [0.4, 0.5) is 16.3 Å². The molecule has 0 aliphatic carbocycles. The van der Waals surface area contributed by atoms with Crippen molar-refractivity contribution in [1.29, 1.82) is 5.26 Å². The number of hydrogen-bond donors (Lipinski definition) is 2. The monoisotopic (exact) mass is 589 g/mol. The molecule has 0 spiro atoms. The van der Waals surface area contributed by atoms with Crippen molar-refractivity contribution >= 4 is 59.6 Å². The van der Waals surface area contributed by atoms with Gasteiger partial charge in [-0.3, -0.25) is 4.68 Å². The predicted molar refractivity (Wildman–Crippen MR) is 156 cm³/mol. The fourth-order valence-corrected chi connectivity index (χ4v) is 6.29. The van der Waals surface area contributed by atoms with Crippen molar-refractivity contribution in [2.75, 3.05) is 51.1 Å². The Labute approximate surface area is 235 Å². The average molecular weight is 590 g/mol. The number of fused-ring (bicyclic) bond motifs is 1. The molecule has 208 valence electrons. The third-order valence-electron chi connectivity index (χ3n) is 6.76. The summed E-state index contributed by atoms with van der Waals surface area (Å²) >= 11 is 1.62. The summed E-state index contributed by atoms with van der Waals surface area (Å²) < 4.78 is 33.4. The van der Waals surface area contributed by atoms with E-state index >= 15 is 0 Å². The molecule has 0 atom stereocenters. The first-order valence-electron chi connectivity index (χ1n) is 12.4. The molecule has 1 saturated heterocycles. The van der Waals surface area contributed by atoms with Crippen molar-refractivity contribution in [3.63, 3.8) is 0 Å². The number of hydrogen-bond acceptors (Lipinski definition) is 9. The molecule has 2 aliphatic rings. The number of benzene rings is 1. The van der Waals surface area contributed by atoms with Crippen LogP contribution in [-0.4, -0.2) is 85.1 Å². The maximum Gasteiger partial charge on any atom is 0.409 e. The molecule has 2 aliphatic heterocycles. The fraction of sp³-hybridized carbons (Fsp3) is 0.440. The Bertz CT molecular complexity index is 1390. The number of anilines is 2. The molecule has 0 radical (unpaired) electrons. The van der Waals surface area contributed by atoms with Crippen LogP contribution in [-0.2, 0) is 20.3 Å². The molecule has 0 saturated carbocycles. The number of nitrogens with zero attached hydrogens (tertiary/aromatic N) is 5. The summed E-state index contributed by atoms with van der Waals surface area (Å²) in [6.07, 6.45) is 6.79. The summed E-state index contributed by atoms with van der Waals surface area (Å²) in [5.74, 6) is 3.35. The lowest BCUT2D eigenvalue weighted by Gasteiger charge is -2.40. The Balaban J connectivity index is 1.62. The lowest BCUT2D eigenvalue weighted by molar-refractivity contribution is 0.0685. The second kappa shape index (κ2) is 12.4. The minimum atomic E-state index is -3.54. The highest BCUT2D eigenvalue weighted by atomic mass is 32.2. The fourth-order valence-electron chi connectivity index (χ4n) is 4.52. The SMILES string of the molecule is CSCCOC(=O)N1CCC(CC#N)(n2nc(Nc3ccc(S(=O)(=O)N(C)C)cc3)c3c2C=CNP=C3)CC1. The molecule has 1 amide bonds. The van der Waals surface area contributed by atoms with Crippen LogP contribution < -0.4 is 10.4 Å². The van der Waals surface area contributed by atoms with E-state index < -0.39 is 15.6 Å². The maximum absolute atomic E-state index is 12.5. The molecule has 39 heavy (non-hydrogen) atoms. The van der Waals surface area contributed by atoms with Crippen LogP contribution in [0.2, 0.25) is 0 Å². The van der Waals surface area contributed by atoms with Gasteiger partial charge in [-0.15, -0.1) is 0 Å². The van der Waals surface area contributed by atoms with E-state index in [2.05, 4.69) is 16.5 Å². The van der Waals surface area contributed by atoms with Crippen LogP contribution in [0.5, 0.6) is 0 Å². The Hall–Kier alpha value is -3.04. The van der Waals surface area contributed by atoms with E-state index in [1.165, 1.54) is 18.4 Å². The third-order valence-corrected chi connectivity index (χ3v) is 9.85. The topological polar surface area (TPSA) is 133 Å². The van der Waals surface area contributed by atoms with Crippen molar-refractivity contribution in [2.45, 2.75) is 29.7 Å². The van der Waals surface area contributed by atoms with Gasteiger partial charge in [0.15, 0.2) is 5.82 Å². The van der Waals surface area contributed by atoms with Crippen LogP contribution in [0.3, 0.4) is 0 Å². The first kappa shape index (κ1) is 29.0. The number of ether oxygens (including phenoxy) is 1. The lowest BCUT2D eigenvalue weighted by Crippen LogP contribution is -2.49. The van der Waals surface area contributed by atoms with Gasteiger partial charge in [0.1, 0.15) is 6.61 Å². The van der Waals surface area contributed by atoms with Gasteiger partial charge in [-0.2, -0.15) is 22.1 Å². The van der Waals surface area contributed by atoms with Crippen LogP contribution in [0.25, 0.3) is 6.08 Å². The summed E-state index contributed by atoms with van der Waals surface area (Å²) in [6, 6.07) is 8.87. The maximum atomic E-state index is 12.5. The average Bonchev–Trinajstić information content (AvgIpc) is 3.09. The molecule has 1 aromatic heterocycles. The van der Waals surface area contributed by atoms with E-state index in [1.807, 2.05) is 29.0 Å². The summed E-state index contributed by atoms with van der Waals surface area (Å²) in [5.41, 5.74) is 1.81. The van der Waals surface area contributed by atoms with Gasteiger partial charge in [0.05, 0.1) is 34.2 Å². The molecule has 2 N–H and O–H groups in total. The molecular formula is C25H32N7O4PS2. The van der Waals surface area contributed by atoms with Gasteiger partial charge >= 0.3 is 6.09 Å². The lowest BCUT2D eigenvalue weighted by atomic mass is 9.84. The van der Waals surface area contributed by atoms with Gasteiger partial charge in [-0.1, -0.05) is 0 Å². The molecule has 1 fully saturated rings. The highest BCUT2D eigenvalue weighted by Gasteiger charge is 2.41. The number of likely N-dealkylation sites (tertiary alicyclic amines) is 1. The van der Waals surface area contributed by atoms with Gasteiger partial charge in [0, 0.05) is 53.2 Å². The molecule has 11 nitrogen and oxygen atoms in total. The molecule has 1 aromatic carbocycles. The molecule has 14 heteroatoms. The van der Waals surface area contributed by atoms with Gasteiger partial charge < -0.3 is 20.0 Å². The minimum Gasteiger partial charge on any atom is -0.449 e. The van der Waals surface area contributed by atoms with Crippen molar-refractivity contribution in [1.82, 2.24) is 24.1 Å². The molecular weight excluding hydrogens is 557 g/mol. The number of amides is 1. The number of nitriles is 1. The quantitative estimate of drug-likeness (QED) is 0.332. The first-order chi connectivity index (χ1) is 18.7. The van der Waals surface area contributed by atoms with E-state index in [9.17, 15) is 18.5 Å². The van der Waals surface area contributed by atoms with Gasteiger partial charge in [-0.05, 0) is 55.2 Å². The summed E-state index contributed by atoms with van der Waals surface area (Å²) in [6.45, 7) is 1.29.